The van der Waals surface area contributed by atoms with Gasteiger partial charge in [-0.15, -0.1) is 0 Å². The van der Waals surface area contributed by atoms with E-state index < -0.39 is 0 Å². The molecule has 0 amide bonds. The monoisotopic (exact) mass is 396 g/mol. The topological polar surface area (TPSA) is 74.4 Å². The highest BCUT2D eigenvalue weighted by Gasteiger charge is 2.25. The minimum atomic E-state index is 0.433. The molecule has 0 aromatic heterocycles. The molecule has 0 spiro atoms. The van der Waals surface area contributed by atoms with Crippen LogP contribution in [0.1, 0.15) is 36.8 Å². The summed E-state index contributed by atoms with van der Waals surface area (Å²) in [6.07, 6.45) is 5.97. The van der Waals surface area contributed by atoms with Crippen LogP contribution in [0.5, 0.6) is 0 Å². The predicted octanol–water partition coefficient (Wildman–Crippen LogP) is 3.64. The molecule has 4 N–H and O–H groups in total. The zero-order valence-corrected chi connectivity index (χ0v) is 16.4. The van der Waals surface area contributed by atoms with Crippen molar-refractivity contribution in [2.45, 2.75) is 44.7 Å². The van der Waals surface area contributed by atoms with Crippen LogP contribution in [0.2, 0.25) is 0 Å². The van der Waals surface area contributed by atoms with E-state index >= 15 is 0 Å². The van der Waals surface area contributed by atoms with E-state index in [1.54, 1.807) is 7.11 Å². The van der Waals surface area contributed by atoms with Crippen molar-refractivity contribution in [3.8, 4) is 0 Å². The normalized spacial score (nSPS) is 21.0. The minimum Gasteiger partial charge on any atom is -0.398 e. The van der Waals surface area contributed by atoms with Gasteiger partial charge in [0.25, 0.3) is 0 Å². The second-order valence-corrected chi connectivity index (χ2v) is 7.48. The van der Waals surface area contributed by atoms with E-state index in [1.165, 1.54) is 19.1 Å². The van der Waals surface area contributed by atoms with Crippen LogP contribution in [-0.2, 0) is 4.74 Å². The third-order valence-electron chi connectivity index (χ3n) is 5.06. The number of hydrogen-bond acceptors (Lipinski definition) is 5. The van der Waals surface area contributed by atoms with Gasteiger partial charge in [0.05, 0.1) is 6.61 Å². The quantitative estimate of drug-likeness (QED) is 0.485. The fourth-order valence-corrected chi connectivity index (χ4v) is 3.86. The second-order valence-electron chi connectivity index (χ2n) is 6.63. The molecule has 5 nitrogen and oxygen atoms in total. The van der Waals surface area contributed by atoms with Crippen LogP contribution in [0.25, 0.3) is 0 Å². The largest absolute Gasteiger partial charge is 0.398 e. The summed E-state index contributed by atoms with van der Waals surface area (Å²) in [5, 5.41) is 11.3. The summed E-state index contributed by atoms with van der Waals surface area (Å²) in [6, 6.07) is 2.94. The number of nitrogens with one attached hydrogen (secondary N) is 2. The molecular weight excluding hydrogens is 368 g/mol. The fraction of sp³-hybridized carbons (Fsp3) is 0.611. The van der Waals surface area contributed by atoms with Crippen molar-refractivity contribution in [1.29, 1.82) is 5.41 Å². The summed E-state index contributed by atoms with van der Waals surface area (Å²) in [7, 11) is 3.94. The Kier molecular flexibility index (Phi) is 7.07. The van der Waals surface area contributed by atoms with E-state index in [2.05, 4.69) is 40.1 Å². The summed E-state index contributed by atoms with van der Waals surface area (Å²) < 4.78 is 6.16. The van der Waals surface area contributed by atoms with E-state index in [0.717, 1.165) is 47.3 Å². The molecule has 1 fully saturated rings. The molecule has 2 rings (SSSR count). The fourth-order valence-electron chi connectivity index (χ4n) is 3.41. The van der Waals surface area contributed by atoms with Crippen LogP contribution >= 0.6 is 15.9 Å². The summed E-state index contributed by atoms with van der Waals surface area (Å²) in [5.74, 6) is 0. The first-order chi connectivity index (χ1) is 11.5. The van der Waals surface area contributed by atoms with E-state index in [0.29, 0.717) is 17.8 Å². The maximum atomic E-state index is 7.68. The Morgan fingerprint density at radius 3 is 2.67 bits per heavy atom. The highest BCUT2D eigenvalue weighted by atomic mass is 79.9. The third-order valence-corrected chi connectivity index (χ3v) is 5.88. The number of benzene rings is 1. The zero-order valence-electron chi connectivity index (χ0n) is 14.9. The molecule has 0 unspecified atom stereocenters. The van der Waals surface area contributed by atoms with Crippen molar-refractivity contribution in [3.63, 3.8) is 0 Å². The number of halogens is 1. The third kappa shape index (κ3) is 4.49. The molecular formula is C18H29BrN4O. The Bertz CT molecular complexity index is 571. The Morgan fingerprint density at radius 2 is 2.08 bits per heavy atom. The summed E-state index contributed by atoms with van der Waals surface area (Å²) in [6.45, 7) is 3.83. The van der Waals surface area contributed by atoms with Crippen LogP contribution in [0.4, 0.5) is 11.4 Å². The first-order valence-electron chi connectivity index (χ1n) is 8.52. The lowest BCUT2D eigenvalue weighted by Gasteiger charge is -2.35. The molecule has 1 aromatic rings. The molecule has 0 bridgehead atoms. The summed E-state index contributed by atoms with van der Waals surface area (Å²) >= 11 is 3.56. The van der Waals surface area contributed by atoms with Gasteiger partial charge < -0.3 is 26.1 Å². The number of nitrogen functional groups attached to an aromatic ring is 1. The van der Waals surface area contributed by atoms with Gasteiger partial charge in [-0.2, -0.15) is 0 Å². The van der Waals surface area contributed by atoms with Crippen LogP contribution < -0.4 is 11.1 Å². The molecule has 24 heavy (non-hydrogen) atoms. The lowest BCUT2D eigenvalue weighted by Crippen LogP contribution is -2.39. The van der Waals surface area contributed by atoms with Crippen molar-refractivity contribution in [2.24, 2.45) is 0 Å². The van der Waals surface area contributed by atoms with Crippen LogP contribution in [-0.4, -0.2) is 50.5 Å². The van der Waals surface area contributed by atoms with E-state index in [4.69, 9.17) is 15.9 Å². The zero-order chi connectivity index (χ0) is 17.7. The van der Waals surface area contributed by atoms with Gasteiger partial charge in [-0.1, -0.05) is 15.9 Å². The van der Waals surface area contributed by atoms with Crippen molar-refractivity contribution in [2.75, 3.05) is 38.4 Å². The van der Waals surface area contributed by atoms with Gasteiger partial charge in [-0.25, -0.2) is 0 Å². The molecule has 0 atom stereocenters. The number of nitrogens with two attached hydrogens (primary N) is 1. The number of hydrogen-bond donors (Lipinski definition) is 3. The molecule has 1 saturated carbocycles. The first kappa shape index (κ1) is 19.2. The van der Waals surface area contributed by atoms with Crippen LogP contribution in [0.15, 0.2) is 10.5 Å². The Labute approximate surface area is 153 Å². The average molecular weight is 397 g/mol. The standard InChI is InChI=1S/C18H29BrN4O/c1-12-16(19)10-17(21)15(11-20)18(12)22-13-4-6-14(7-5-13)23(2)8-9-24-3/h10-11,13-14,20,22H,4-9,21H2,1-3H3. The SMILES string of the molecule is COCCN(C)C1CCC(Nc2c(C)c(Br)cc(N)c2C=N)CC1. The molecule has 1 aromatic carbocycles. The lowest BCUT2D eigenvalue weighted by molar-refractivity contribution is 0.121. The first-order valence-corrected chi connectivity index (χ1v) is 9.32. The van der Waals surface area contributed by atoms with Gasteiger partial charge >= 0.3 is 0 Å². The number of ether oxygens (including phenoxy) is 1. The Morgan fingerprint density at radius 1 is 1.42 bits per heavy atom. The molecule has 6 heteroatoms. The van der Waals surface area contributed by atoms with E-state index in [1.807, 2.05) is 6.07 Å². The van der Waals surface area contributed by atoms with E-state index in [9.17, 15) is 0 Å². The van der Waals surface area contributed by atoms with Crippen molar-refractivity contribution < 1.29 is 4.74 Å². The van der Waals surface area contributed by atoms with Crippen LogP contribution in [0.3, 0.4) is 0 Å². The maximum Gasteiger partial charge on any atom is 0.0589 e. The van der Waals surface area contributed by atoms with Crippen molar-refractivity contribution >= 4 is 33.5 Å². The Balaban J connectivity index is 2.01. The Hall–Kier alpha value is -1.11. The lowest BCUT2D eigenvalue weighted by atomic mass is 9.89. The average Bonchev–Trinajstić information content (AvgIpc) is 2.58. The summed E-state index contributed by atoms with van der Waals surface area (Å²) in [5.41, 5.74) is 9.61. The second kappa shape index (κ2) is 8.83. The number of rotatable bonds is 7. The number of methoxy groups -OCH3 is 1. The molecule has 0 saturated heterocycles. The van der Waals surface area contributed by atoms with Crippen molar-refractivity contribution in [3.05, 3.63) is 21.7 Å². The highest BCUT2D eigenvalue weighted by Crippen LogP contribution is 2.34. The highest BCUT2D eigenvalue weighted by molar-refractivity contribution is 9.10. The van der Waals surface area contributed by atoms with Gasteiger partial charge in [0.1, 0.15) is 0 Å². The van der Waals surface area contributed by atoms with Gasteiger partial charge in [0.2, 0.25) is 0 Å². The number of anilines is 2. The molecule has 0 aliphatic heterocycles. The van der Waals surface area contributed by atoms with Gasteiger partial charge in [0.15, 0.2) is 0 Å². The van der Waals surface area contributed by atoms with Gasteiger partial charge in [0, 0.05) is 53.4 Å². The van der Waals surface area contributed by atoms with Gasteiger partial charge in [-0.3, -0.25) is 0 Å². The smallest absolute Gasteiger partial charge is 0.0589 e. The van der Waals surface area contributed by atoms with Gasteiger partial charge in [-0.05, 0) is 51.3 Å². The van der Waals surface area contributed by atoms with E-state index in [-0.39, 0.29) is 0 Å². The molecule has 1 aliphatic carbocycles. The molecule has 0 heterocycles. The maximum absolute atomic E-state index is 7.68. The number of likely N-dealkylation sites (N-methyl/N-ethyl adjacent to an activating group) is 1. The molecule has 0 radical (unpaired) electrons. The molecule has 134 valence electrons. The number of nitrogens with zero attached hydrogens (tertiary/aromatic N) is 1. The predicted molar refractivity (Wildman–Crippen MR) is 105 cm³/mol. The minimum absolute atomic E-state index is 0.433. The van der Waals surface area contributed by atoms with Crippen molar-refractivity contribution in [1.82, 2.24) is 4.90 Å². The molecule has 1 aliphatic rings. The van der Waals surface area contributed by atoms with Crippen LogP contribution in [0, 0.1) is 12.3 Å². The summed E-state index contributed by atoms with van der Waals surface area (Å²) in [4.78, 5) is 2.41.